The van der Waals surface area contributed by atoms with Crippen molar-refractivity contribution in [1.29, 1.82) is 0 Å². The van der Waals surface area contributed by atoms with Gasteiger partial charge >= 0.3 is 0 Å². The summed E-state index contributed by atoms with van der Waals surface area (Å²) in [5.41, 5.74) is 0.983. The third-order valence-electron chi connectivity index (χ3n) is 1.58. The predicted octanol–water partition coefficient (Wildman–Crippen LogP) is 2.30. The van der Waals surface area contributed by atoms with E-state index in [9.17, 15) is 0 Å². The Bertz CT molecular complexity index is 403. The highest BCUT2D eigenvalue weighted by atomic mass is 79.9. The number of benzene rings is 1. The Balaban J connectivity index is 2.48. The fourth-order valence-corrected chi connectivity index (χ4v) is 1.42. The van der Waals surface area contributed by atoms with Crippen molar-refractivity contribution in [3.8, 4) is 11.4 Å². The van der Waals surface area contributed by atoms with Crippen LogP contribution in [0.4, 0.5) is 0 Å². The van der Waals surface area contributed by atoms with Gasteiger partial charge in [-0.25, -0.2) is 15.0 Å². The molecule has 1 aromatic carbocycles. The van der Waals surface area contributed by atoms with Gasteiger partial charge in [0.15, 0.2) is 5.82 Å². The van der Waals surface area contributed by atoms with E-state index in [0.29, 0.717) is 5.82 Å². The summed E-state index contributed by atoms with van der Waals surface area (Å²) in [7, 11) is 0. The van der Waals surface area contributed by atoms with Crippen LogP contribution in [-0.4, -0.2) is 15.0 Å². The van der Waals surface area contributed by atoms with Crippen LogP contribution in [0.15, 0.2) is 41.4 Å². The van der Waals surface area contributed by atoms with Crippen molar-refractivity contribution in [2.24, 2.45) is 0 Å². The molecule has 4 heteroatoms. The minimum absolute atomic E-state index is 0.691. The van der Waals surface area contributed by atoms with Gasteiger partial charge < -0.3 is 0 Å². The van der Waals surface area contributed by atoms with Crippen molar-refractivity contribution in [3.05, 3.63) is 41.4 Å². The molecular weight excluding hydrogens is 230 g/mol. The molecule has 2 rings (SSSR count). The highest BCUT2D eigenvalue weighted by Gasteiger charge is 1.98. The molecule has 0 saturated heterocycles. The Morgan fingerprint density at radius 2 is 1.85 bits per heavy atom. The number of halogens is 1. The quantitative estimate of drug-likeness (QED) is 0.762. The van der Waals surface area contributed by atoms with Crippen molar-refractivity contribution in [2.45, 2.75) is 0 Å². The van der Waals surface area contributed by atoms with Crippen molar-refractivity contribution in [1.82, 2.24) is 15.0 Å². The molecule has 0 fully saturated rings. The number of hydrogen-bond acceptors (Lipinski definition) is 3. The standard InChI is InChI=1S/C9H6BrN3/c10-8-3-1-2-7(4-8)9-12-5-11-6-13-9/h1-6H. The van der Waals surface area contributed by atoms with Crippen molar-refractivity contribution in [2.75, 3.05) is 0 Å². The monoisotopic (exact) mass is 235 g/mol. The Hall–Kier alpha value is -1.29. The zero-order valence-corrected chi connectivity index (χ0v) is 8.27. The fraction of sp³-hybridized carbons (Fsp3) is 0. The summed E-state index contributed by atoms with van der Waals surface area (Å²) in [4.78, 5) is 11.9. The van der Waals surface area contributed by atoms with Crippen molar-refractivity contribution in [3.63, 3.8) is 0 Å². The largest absolute Gasteiger partial charge is 0.225 e. The van der Waals surface area contributed by atoms with E-state index >= 15 is 0 Å². The lowest BCUT2D eigenvalue weighted by atomic mass is 10.2. The molecule has 13 heavy (non-hydrogen) atoms. The van der Waals surface area contributed by atoms with E-state index in [2.05, 4.69) is 30.9 Å². The van der Waals surface area contributed by atoms with E-state index < -0.39 is 0 Å². The maximum atomic E-state index is 4.05. The first-order valence-corrected chi connectivity index (χ1v) is 4.53. The first-order chi connectivity index (χ1) is 6.36. The molecule has 0 N–H and O–H groups in total. The van der Waals surface area contributed by atoms with Crippen LogP contribution in [0.3, 0.4) is 0 Å². The molecule has 0 saturated carbocycles. The van der Waals surface area contributed by atoms with Crippen molar-refractivity contribution < 1.29 is 0 Å². The SMILES string of the molecule is Brc1cccc(-c2ncncn2)c1. The molecule has 0 atom stereocenters. The first kappa shape index (κ1) is 8.31. The van der Waals surface area contributed by atoms with E-state index in [4.69, 9.17) is 0 Å². The van der Waals surface area contributed by atoms with E-state index in [1.165, 1.54) is 12.7 Å². The molecule has 0 aliphatic carbocycles. The zero-order valence-electron chi connectivity index (χ0n) is 6.68. The summed E-state index contributed by atoms with van der Waals surface area (Å²) in [5, 5.41) is 0. The molecule has 0 aliphatic heterocycles. The minimum atomic E-state index is 0.691. The highest BCUT2D eigenvalue weighted by molar-refractivity contribution is 9.10. The van der Waals surface area contributed by atoms with Crippen LogP contribution in [0.25, 0.3) is 11.4 Å². The van der Waals surface area contributed by atoms with Gasteiger partial charge in [0.05, 0.1) is 0 Å². The lowest BCUT2D eigenvalue weighted by Gasteiger charge is -1.98. The molecule has 1 heterocycles. The first-order valence-electron chi connectivity index (χ1n) is 3.74. The molecule has 0 aliphatic rings. The van der Waals surface area contributed by atoms with Gasteiger partial charge in [-0.3, -0.25) is 0 Å². The summed E-state index contributed by atoms with van der Waals surface area (Å²) >= 11 is 3.39. The average Bonchev–Trinajstić information content (AvgIpc) is 2.19. The van der Waals surface area contributed by atoms with E-state index in [1.54, 1.807) is 0 Å². The molecule has 64 valence electrons. The summed E-state index contributed by atoms with van der Waals surface area (Å²) in [6.07, 6.45) is 2.98. The Morgan fingerprint density at radius 1 is 1.08 bits per heavy atom. The zero-order chi connectivity index (χ0) is 9.10. The molecule has 2 aromatic rings. The smallest absolute Gasteiger partial charge is 0.162 e. The van der Waals surface area contributed by atoms with Crippen LogP contribution in [0.2, 0.25) is 0 Å². The van der Waals surface area contributed by atoms with Gasteiger partial charge in [-0.15, -0.1) is 0 Å². The minimum Gasteiger partial charge on any atom is -0.225 e. The highest BCUT2D eigenvalue weighted by Crippen LogP contribution is 2.18. The number of nitrogens with zero attached hydrogens (tertiary/aromatic N) is 3. The van der Waals surface area contributed by atoms with Gasteiger partial charge in [-0.05, 0) is 12.1 Å². The fourth-order valence-electron chi connectivity index (χ4n) is 1.02. The van der Waals surface area contributed by atoms with Gasteiger partial charge in [-0.2, -0.15) is 0 Å². The van der Waals surface area contributed by atoms with Crippen LogP contribution < -0.4 is 0 Å². The molecule has 0 amide bonds. The topological polar surface area (TPSA) is 38.7 Å². The maximum absolute atomic E-state index is 4.05. The van der Waals surface area contributed by atoms with E-state index in [1.807, 2.05) is 24.3 Å². The van der Waals surface area contributed by atoms with Gasteiger partial charge in [-0.1, -0.05) is 28.1 Å². The lowest BCUT2D eigenvalue weighted by molar-refractivity contribution is 1.06. The summed E-state index contributed by atoms with van der Waals surface area (Å²) < 4.78 is 1.02. The summed E-state index contributed by atoms with van der Waals surface area (Å²) in [6, 6.07) is 7.84. The second kappa shape index (κ2) is 3.62. The molecule has 0 bridgehead atoms. The summed E-state index contributed by atoms with van der Waals surface area (Å²) in [5.74, 6) is 0.691. The molecular formula is C9H6BrN3. The molecule has 0 unspecified atom stereocenters. The Labute approximate surface area is 84.0 Å². The lowest BCUT2D eigenvalue weighted by Crippen LogP contribution is -1.88. The molecule has 0 radical (unpaired) electrons. The predicted molar refractivity (Wildman–Crippen MR) is 53.0 cm³/mol. The number of hydrogen-bond donors (Lipinski definition) is 0. The third-order valence-corrected chi connectivity index (χ3v) is 2.07. The third kappa shape index (κ3) is 1.89. The Morgan fingerprint density at radius 3 is 2.54 bits per heavy atom. The number of rotatable bonds is 1. The van der Waals surface area contributed by atoms with Gasteiger partial charge in [0.2, 0.25) is 0 Å². The van der Waals surface area contributed by atoms with Crippen LogP contribution in [0.5, 0.6) is 0 Å². The number of aromatic nitrogens is 3. The van der Waals surface area contributed by atoms with Crippen LogP contribution in [-0.2, 0) is 0 Å². The Kier molecular flexibility index (Phi) is 2.31. The normalized spacial score (nSPS) is 9.92. The average molecular weight is 236 g/mol. The maximum Gasteiger partial charge on any atom is 0.162 e. The molecule has 0 spiro atoms. The van der Waals surface area contributed by atoms with Gasteiger partial charge in [0.25, 0.3) is 0 Å². The van der Waals surface area contributed by atoms with E-state index in [0.717, 1.165) is 10.0 Å². The van der Waals surface area contributed by atoms with E-state index in [-0.39, 0.29) is 0 Å². The van der Waals surface area contributed by atoms with Gasteiger partial charge in [0, 0.05) is 10.0 Å². The van der Waals surface area contributed by atoms with Crippen LogP contribution in [0.1, 0.15) is 0 Å². The molecule has 3 nitrogen and oxygen atoms in total. The second-order valence-electron chi connectivity index (χ2n) is 2.47. The summed E-state index contributed by atoms with van der Waals surface area (Å²) in [6.45, 7) is 0. The van der Waals surface area contributed by atoms with Crippen LogP contribution >= 0.6 is 15.9 Å². The van der Waals surface area contributed by atoms with Crippen molar-refractivity contribution >= 4 is 15.9 Å². The second-order valence-corrected chi connectivity index (χ2v) is 3.39. The van der Waals surface area contributed by atoms with Crippen LogP contribution in [0, 0.1) is 0 Å². The molecule has 1 aromatic heterocycles. The van der Waals surface area contributed by atoms with Gasteiger partial charge in [0.1, 0.15) is 12.7 Å².